The monoisotopic (exact) mass is 390 g/mol. The fourth-order valence-electron chi connectivity index (χ4n) is 3.30. The molecule has 1 aromatic carbocycles. The molecule has 0 saturated carbocycles. The molecule has 144 valence electrons. The van der Waals surface area contributed by atoms with E-state index in [0.717, 1.165) is 29.3 Å². The number of nitrogens with zero attached hydrogens (tertiary/aromatic N) is 1. The first-order valence-corrected chi connectivity index (χ1v) is 10.1. The number of halogens is 1. The van der Waals surface area contributed by atoms with Crippen LogP contribution in [0.5, 0.6) is 0 Å². The molecule has 1 fully saturated rings. The standard InChI is InChI=1S/C20H24FN3O2S/c1-3-17-14(2)12-18(27-17)20(26)24-10-8-23(9-11-24)13-19(25)22-16-6-4-15(21)5-7-16/h4-7,12H,3,8-11,13H2,1-2H3,(H,22,25)/p+1. The molecule has 3 rings (SSSR count). The smallest absolute Gasteiger partial charge is 0.279 e. The van der Waals surface area contributed by atoms with Crippen molar-refractivity contribution >= 4 is 28.8 Å². The highest BCUT2D eigenvalue weighted by Crippen LogP contribution is 2.23. The van der Waals surface area contributed by atoms with Crippen molar-refractivity contribution in [3.8, 4) is 0 Å². The van der Waals surface area contributed by atoms with Gasteiger partial charge in [-0.25, -0.2) is 4.39 Å². The minimum atomic E-state index is -0.327. The second-order valence-corrected chi connectivity index (χ2v) is 7.98. The molecule has 5 nitrogen and oxygen atoms in total. The average Bonchev–Trinajstić information content (AvgIpc) is 3.04. The molecule has 1 saturated heterocycles. The van der Waals surface area contributed by atoms with E-state index in [1.807, 2.05) is 17.9 Å². The minimum Gasteiger partial charge on any atom is -0.327 e. The molecule has 0 bridgehead atoms. The van der Waals surface area contributed by atoms with Gasteiger partial charge in [0.05, 0.1) is 31.1 Å². The Hall–Kier alpha value is -2.25. The number of aryl methyl sites for hydroxylation is 2. The number of quaternary nitrogens is 1. The minimum absolute atomic E-state index is 0.0950. The summed E-state index contributed by atoms with van der Waals surface area (Å²) < 4.78 is 12.9. The van der Waals surface area contributed by atoms with Gasteiger partial charge in [-0.1, -0.05) is 6.92 Å². The average molecular weight is 391 g/mol. The molecule has 7 heteroatoms. The molecule has 2 N–H and O–H groups in total. The molecule has 0 radical (unpaired) electrons. The number of hydrogen-bond donors (Lipinski definition) is 2. The van der Waals surface area contributed by atoms with Crippen LogP contribution in [0.2, 0.25) is 0 Å². The molecule has 1 aliphatic heterocycles. The van der Waals surface area contributed by atoms with Crippen molar-refractivity contribution in [3.63, 3.8) is 0 Å². The number of piperazine rings is 1. The maximum absolute atomic E-state index is 12.9. The van der Waals surface area contributed by atoms with Crippen LogP contribution < -0.4 is 10.2 Å². The van der Waals surface area contributed by atoms with Gasteiger partial charge < -0.3 is 15.1 Å². The first-order chi connectivity index (χ1) is 13.0. The van der Waals surface area contributed by atoms with Crippen LogP contribution in [-0.4, -0.2) is 49.4 Å². The van der Waals surface area contributed by atoms with E-state index in [-0.39, 0.29) is 17.6 Å². The zero-order valence-corrected chi connectivity index (χ0v) is 16.5. The summed E-state index contributed by atoms with van der Waals surface area (Å²) in [5.74, 6) is -0.332. The van der Waals surface area contributed by atoms with Crippen molar-refractivity contribution in [2.24, 2.45) is 0 Å². The molecule has 2 amide bonds. The van der Waals surface area contributed by atoms with Crippen LogP contribution in [0.15, 0.2) is 30.3 Å². The number of hydrogen-bond acceptors (Lipinski definition) is 3. The van der Waals surface area contributed by atoms with Crippen molar-refractivity contribution in [3.05, 3.63) is 51.5 Å². The molecule has 2 heterocycles. The Morgan fingerprint density at radius 3 is 2.48 bits per heavy atom. The summed E-state index contributed by atoms with van der Waals surface area (Å²) in [6, 6.07) is 7.73. The number of carbonyl (C=O) groups excluding carboxylic acids is 2. The number of carbonyl (C=O) groups is 2. The van der Waals surface area contributed by atoms with E-state index < -0.39 is 0 Å². The van der Waals surface area contributed by atoms with Gasteiger partial charge in [-0.2, -0.15) is 0 Å². The molecule has 0 spiro atoms. The van der Waals surface area contributed by atoms with E-state index in [1.54, 1.807) is 23.5 Å². The Kier molecular flexibility index (Phi) is 6.23. The van der Waals surface area contributed by atoms with E-state index in [4.69, 9.17) is 0 Å². The molecule has 27 heavy (non-hydrogen) atoms. The number of benzene rings is 1. The van der Waals surface area contributed by atoms with Crippen LogP contribution in [0.4, 0.5) is 10.1 Å². The van der Waals surface area contributed by atoms with Gasteiger partial charge in [0, 0.05) is 10.6 Å². The van der Waals surface area contributed by atoms with Crippen LogP contribution in [0, 0.1) is 12.7 Å². The van der Waals surface area contributed by atoms with Crippen molar-refractivity contribution in [1.82, 2.24) is 4.90 Å². The number of anilines is 1. The third-order valence-corrected chi connectivity index (χ3v) is 6.22. The first kappa shape index (κ1) is 19.5. The van der Waals surface area contributed by atoms with Crippen molar-refractivity contribution in [2.75, 3.05) is 38.0 Å². The van der Waals surface area contributed by atoms with Crippen molar-refractivity contribution in [2.45, 2.75) is 20.3 Å². The fraction of sp³-hybridized carbons (Fsp3) is 0.400. The van der Waals surface area contributed by atoms with Gasteiger partial charge in [0.15, 0.2) is 6.54 Å². The number of thiophene rings is 1. The number of amides is 2. The molecular formula is C20H25FN3O2S+. The Bertz CT molecular complexity index is 811. The molecule has 0 atom stereocenters. The SMILES string of the molecule is CCc1sc(C(=O)N2CC[NH+](CC(=O)Nc3ccc(F)cc3)CC2)cc1C. The molecule has 2 aromatic rings. The summed E-state index contributed by atoms with van der Waals surface area (Å²) in [6.45, 7) is 7.28. The van der Waals surface area contributed by atoms with E-state index in [2.05, 4.69) is 12.2 Å². The second kappa shape index (κ2) is 8.63. The van der Waals surface area contributed by atoms with Gasteiger partial charge in [-0.15, -0.1) is 11.3 Å². The largest absolute Gasteiger partial charge is 0.327 e. The predicted molar refractivity (Wildman–Crippen MR) is 105 cm³/mol. The van der Waals surface area contributed by atoms with Gasteiger partial charge in [0.2, 0.25) is 0 Å². The molecule has 1 aromatic heterocycles. The normalized spacial score (nSPS) is 15.0. The molecule has 0 unspecified atom stereocenters. The summed E-state index contributed by atoms with van der Waals surface area (Å²) in [7, 11) is 0. The zero-order chi connectivity index (χ0) is 19.4. The number of nitrogens with one attached hydrogen (secondary N) is 2. The Labute approximate surface area is 162 Å². The van der Waals surface area contributed by atoms with Gasteiger partial charge in [0.25, 0.3) is 11.8 Å². The summed E-state index contributed by atoms with van der Waals surface area (Å²) in [5, 5.41) is 2.79. The fourth-order valence-corrected chi connectivity index (χ4v) is 4.38. The van der Waals surface area contributed by atoms with E-state index in [9.17, 15) is 14.0 Å². The van der Waals surface area contributed by atoms with Gasteiger partial charge in [-0.05, 0) is 49.2 Å². The van der Waals surface area contributed by atoms with Crippen molar-refractivity contribution in [1.29, 1.82) is 0 Å². The number of rotatable bonds is 5. The lowest BCUT2D eigenvalue weighted by Crippen LogP contribution is -3.15. The summed E-state index contributed by atoms with van der Waals surface area (Å²) in [5.41, 5.74) is 1.78. The topological polar surface area (TPSA) is 53.9 Å². The van der Waals surface area contributed by atoms with Crippen LogP contribution in [0.3, 0.4) is 0 Å². The highest BCUT2D eigenvalue weighted by atomic mass is 32.1. The molecule has 0 aliphatic carbocycles. The highest BCUT2D eigenvalue weighted by molar-refractivity contribution is 7.14. The summed E-state index contributed by atoms with van der Waals surface area (Å²) in [6.07, 6.45) is 0.949. The summed E-state index contributed by atoms with van der Waals surface area (Å²) >= 11 is 1.59. The highest BCUT2D eigenvalue weighted by Gasteiger charge is 2.27. The Morgan fingerprint density at radius 2 is 1.89 bits per heavy atom. The van der Waals surface area contributed by atoms with Gasteiger partial charge in [-0.3, -0.25) is 9.59 Å². The zero-order valence-electron chi connectivity index (χ0n) is 15.7. The van der Waals surface area contributed by atoms with Gasteiger partial charge >= 0.3 is 0 Å². The van der Waals surface area contributed by atoms with Crippen molar-refractivity contribution < 1.29 is 18.9 Å². The quantitative estimate of drug-likeness (QED) is 0.817. The van der Waals surface area contributed by atoms with E-state index in [1.165, 1.54) is 22.6 Å². The van der Waals surface area contributed by atoms with Gasteiger partial charge in [0.1, 0.15) is 5.82 Å². The van der Waals surface area contributed by atoms with Crippen LogP contribution >= 0.6 is 11.3 Å². The molecular weight excluding hydrogens is 365 g/mol. The lowest BCUT2D eigenvalue weighted by Gasteiger charge is -2.31. The second-order valence-electron chi connectivity index (χ2n) is 6.84. The lowest BCUT2D eigenvalue weighted by molar-refractivity contribution is -0.895. The Morgan fingerprint density at radius 1 is 1.22 bits per heavy atom. The van der Waals surface area contributed by atoms with Crippen LogP contribution in [0.1, 0.15) is 27.0 Å². The lowest BCUT2D eigenvalue weighted by atomic mass is 10.2. The van der Waals surface area contributed by atoms with Crippen LogP contribution in [-0.2, 0) is 11.2 Å². The van der Waals surface area contributed by atoms with Crippen LogP contribution in [0.25, 0.3) is 0 Å². The third-order valence-electron chi connectivity index (χ3n) is 4.85. The summed E-state index contributed by atoms with van der Waals surface area (Å²) in [4.78, 5) is 30.0. The molecule has 1 aliphatic rings. The maximum atomic E-state index is 12.9. The first-order valence-electron chi connectivity index (χ1n) is 9.24. The third kappa shape index (κ3) is 4.93. The van der Waals surface area contributed by atoms with E-state index in [0.29, 0.717) is 25.3 Å². The predicted octanol–water partition coefficient (Wildman–Crippen LogP) is 1.74. The Balaban J connectivity index is 1.48. The maximum Gasteiger partial charge on any atom is 0.279 e. The van der Waals surface area contributed by atoms with E-state index >= 15 is 0 Å².